The molecular formula is C17H23ClN4O. The van der Waals surface area contributed by atoms with Gasteiger partial charge in [-0.3, -0.25) is 4.68 Å². The summed E-state index contributed by atoms with van der Waals surface area (Å²) in [6.45, 7) is 6.89. The molecule has 1 aromatic carbocycles. The Bertz CT molecular complexity index is 647. The number of aryl methyl sites for hydroxylation is 1. The van der Waals surface area contributed by atoms with Crippen LogP contribution in [0.1, 0.15) is 39.2 Å². The van der Waals surface area contributed by atoms with Crippen LogP contribution in [0.15, 0.2) is 36.7 Å². The Balaban J connectivity index is 2.14. The summed E-state index contributed by atoms with van der Waals surface area (Å²) in [5.41, 5.74) is 1.31. The zero-order valence-corrected chi connectivity index (χ0v) is 14.5. The van der Waals surface area contributed by atoms with Gasteiger partial charge in [0.2, 0.25) is 0 Å². The van der Waals surface area contributed by atoms with E-state index >= 15 is 0 Å². The molecule has 1 aromatic heterocycles. The molecule has 2 rings (SSSR count). The SMILES string of the molecule is CCn1cc(NC(=O)NC(CC)(CC)c2ccc(Cl)cc2)cn1. The molecule has 1 heterocycles. The van der Waals surface area contributed by atoms with Gasteiger partial charge in [0, 0.05) is 17.8 Å². The summed E-state index contributed by atoms with van der Waals surface area (Å²) in [4.78, 5) is 12.4. The van der Waals surface area contributed by atoms with Gasteiger partial charge in [0.05, 0.1) is 17.4 Å². The zero-order chi connectivity index (χ0) is 16.9. The van der Waals surface area contributed by atoms with Crippen LogP contribution in [0.25, 0.3) is 0 Å². The van der Waals surface area contributed by atoms with Crippen molar-refractivity contribution in [2.45, 2.75) is 45.7 Å². The Morgan fingerprint density at radius 3 is 2.39 bits per heavy atom. The van der Waals surface area contributed by atoms with Gasteiger partial charge in [-0.15, -0.1) is 0 Å². The van der Waals surface area contributed by atoms with Crippen molar-refractivity contribution in [3.63, 3.8) is 0 Å². The molecule has 124 valence electrons. The van der Waals surface area contributed by atoms with E-state index in [1.54, 1.807) is 17.1 Å². The summed E-state index contributed by atoms with van der Waals surface area (Å²) in [5.74, 6) is 0. The number of amides is 2. The van der Waals surface area contributed by atoms with Crippen molar-refractivity contribution in [1.82, 2.24) is 15.1 Å². The number of carbonyl (C=O) groups is 1. The first-order valence-corrected chi connectivity index (χ1v) is 8.28. The number of benzene rings is 1. The third-order valence-electron chi connectivity index (χ3n) is 4.17. The first kappa shape index (κ1) is 17.3. The maximum absolute atomic E-state index is 12.4. The lowest BCUT2D eigenvalue weighted by Crippen LogP contribution is -2.47. The highest BCUT2D eigenvalue weighted by molar-refractivity contribution is 6.30. The maximum atomic E-state index is 12.4. The van der Waals surface area contributed by atoms with E-state index in [0.29, 0.717) is 10.7 Å². The Hall–Kier alpha value is -2.01. The minimum atomic E-state index is -0.421. The Morgan fingerprint density at radius 2 is 1.87 bits per heavy atom. The van der Waals surface area contributed by atoms with Crippen molar-refractivity contribution in [2.24, 2.45) is 0 Å². The summed E-state index contributed by atoms with van der Waals surface area (Å²) in [6, 6.07) is 7.39. The molecule has 0 aliphatic heterocycles. The smallest absolute Gasteiger partial charge is 0.320 e. The number of carbonyl (C=O) groups excluding carboxylic acids is 1. The van der Waals surface area contributed by atoms with Crippen LogP contribution in [0.5, 0.6) is 0 Å². The van der Waals surface area contributed by atoms with Gasteiger partial charge < -0.3 is 10.6 Å². The van der Waals surface area contributed by atoms with Gasteiger partial charge in [0.15, 0.2) is 0 Å². The number of hydrogen-bond acceptors (Lipinski definition) is 2. The van der Waals surface area contributed by atoms with Crippen LogP contribution in [-0.2, 0) is 12.1 Å². The van der Waals surface area contributed by atoms with Gasteiger partial charge in [0.1, 0.15) is 0 Å². The molecule has 0 spiro atoms. The van der Waals surface area contributed by atoms with Gasteiger partial charge in [0.25, 0.3) is 0 Å². The van der Waals surface area contributed by atoms with Crippen molar-refractivity contribution in [2.75, 3.05) is 5.32 Å². The maximum Gasteiger partial charge on any atom is 0.320 e. The van der Waals surface area contributed by atoms with Crippen LogP contribution in [0, 0.1) is 0 Å². The van der Waals surface area contributed by atoms with Crippen molar-refractivity contribution in [3.05, 3.63) is 47.2 Å². The third-order valence-corrected chi connectivity index (χ3v) is 4.42. The molecule has 0 saturated heterocycles. The minimum absolute atomic E-state index is 0.237. The predicted octanol–water partition coefficient (Wildman–Crippen LogP) is 4.39. The Labute approximate surface area is 142 Å². The number of aromatic nitrogens is 2. The third kappa shape index (κ3) is 4.05. The summed E-state index contributed by atoms with van der Waals surface area (Å²) >= 11 is 5.97. The fourth-order valence-corrected chi connectivity index (χ4v) is 2.78. The lowest BCUT2D eigenvalue weighted by molar-refractivity contribution is 0.232. The molecule has 2 amide bonds. The van der Waals surface area contributed by atoms with Crippen LogP contribution < -0.4 is 10.6 Å². The second kappa shape index (κ2) is 7.51. The first-order valence-electron chi connectivity index (χ1n) is 7.90. The second-order valence-electron chi connectivity index (χ2n) is 5.46. The van der Waals surface area contributed by atoms with Crippen LogP contribution in [0.2, 0.25) is 5.02 Å². The molecule has 0 aliphatic carbocycles. The lowest BCUT2D eigenvalue weighted by atomic mass is 9.85. The van der Waals surface area contributed by atoms with E-state index in [0.717, 1.165) is 24.9 Å². The van der Waals surface area contributed by atoms with Crippen molar-refractivity contribution in [1.29, 1.82) is 0 Å². The molecule has 6 heteroatoms. The van der Waals surface area contributed by atoms with Gasteiger partial charge in [-0.05, 0) is 37.5 Å². The first-order chi connectivity index (χ1) is 11.0. The molecule has 0 saturated carbocycles. The average molecular weight is 335 g/mol. The van der Waals surface area contributed by atoms with Gasteiger partial charge in [-0.1, -0.05) is 37.6 Å². The molecule has 0 aliphatic rings. The lowest BCUT2D eigenvalue weighted by Gasteiger charge is -2.33. The van der Waals surface area contributed by atoms with E-state index in [2.05, 4.69) is 29.6 Å². The van der Waals surface area contributed by atoms with E-state index < -0.39 is 5.54 Å². The molecule has 5 nitrogen and oxygen atoms in total. The number of urea groups is 1. The second-order valence-corrected chi connectivity index (χ2v) is 5.90. The summed E-state index contributed by atoms with van der Waals surface area (Å²) in [7, 11) is 0. The summed E-state index contributed by atoms with van der Waals surface area (Å²) < 4.78 is 1.77. The van der Waals surface area contributed by atoms with Crippen molar-refractivity contribution in [3.8, 4) is 0 Å². The topological polar surface area (TPSA) is 59.0 Å². The number of rotatable bonds is 6. The molecular weight excluding hydrogens is 312 g/mol. The average Bonchev–Trinajstić information content (AvgIpc) is 3.01. The Kier molecular flexibility index (Phi) is 5.66. The van der Waals surface area contributed by atoms with Gasteiger partial charge in [-0.2, -0.15) is 5.10 Å². The number of anilines is 1. The normalized spacial score (nSPS) is 11.3. The fraction of sp³-hybridized carbons (Fsp3) is 0.412. The number of nitrogens with zero attached hydrogens (tertiary/aromatic N) is 2. The molecule has 23 heavy (non-hydrogen) atoms. The molecule has 0 unspecified atom stereocenters. The number of nitrogens with one attached hydrogen (secondary N) is 2. The van der Waals surface area contributed by atoms with E-state index in [-0.39, 0.29) is 6.03 Å². The molecule has 2 N–H and O–H groups in total. The van der Waals surface area contributed by atoms with E-state index in [9.17, 15) is 4.79 Å². The number of hydrogen-bond donors (Lipinski definition) is 2. The van der Waals surface area contributed by atoms with Crippen LogP contribution in [-0.4, -0.2) is 15.8 Å². The molecule has 0 fully saturated rings. The van der Waals surface area contributed by atoms with Crippen LogP contribution in [0.4, 0.5) is 10.5 Å². The van der Waals surface area contributed by atoms with E-state index in [4.69, 9.17) is 11.6 Å². The highest BCUT2D eigenvalue weighted by Crippen LogP contribution is 2.29. The fourth-order valence-electron chi connectivity index (χ4n) is 2.66. The van der Waals surface area contributed by atoms with E-state index in [1.165, 1.54) is 0 Å². The van der Waals surface area contributed by atoms with Crippen LogP contribution >= 0.6 is 11.6 Å². The largest absolute Gasteiger partial charge is 0.328 e. The van der Waals surface area contributed by atoms with Gasteiger partial charge in [-0.25, -0.2) is 4.79 Å². The zero-order valence-electron chi connectivity index (χ0n) is 13.8. The molecule has 2 aromatic rings. The highest BCUT2D eigenvalue weighted by Gasteiger charge is 2.30. The molecule has 0 atom stereocenters. The number of halogens is 1. The van der Waals surface area contributed by atoms with E-state index in [1.807, 2.05) is 31.2 Å². The summed E-state index contributed by atoms with van der Waals surface area (Å²) in [6.07, 6.45) is 5.02. The Morgan fingerprint density at radius 1 is 1.22 bits per heavy atom. The predicted molar refractivity (Wildman–Crippen MR) is 93.8 cm³/mol. The van der Waals surface area contributed by atoms with Crippen molar-refractivity contribution < 1.29 is 4.79 Å². The quantitative estimate of drug-likeness (QED) is 0.822. The standard InChI is InChI=1S/C17H23ClN4O/c1-4-17(5-2,13-7-9-14(18)10-8-13)21-16(23)20-15-11-19-22(6-3)12-15/h7-12H,4-6H2,1-3H3,(H2,20,21,23). The highest BCUT2D eigenvalue weighted by atomic mass is 35.5. The van der Waals surface area contributed by atoms with Gasteiger partial charge >= 0.3 is 6.03 Å². The monoisotopic (exact) mass is 334 g/mol. The molecule has 0 radical (unpaired) electrons. The van der Waals surface area contributed by atoms with Crippen molar-refractivity contribution >= 4 is 23.3 Å². The minimum Gasteiger partial charge on any atom is -0.328 e. The van der Waals surface area contributed by atoms with Crippen LogP contribution in [0.3, 0.4) is 0 Å². The summed E-state index contributed by atoms with van der Waals surface area (Å²) in [5, 5.41) is 10.8. The molecule has 0 bridgehead atoms.